The first-order chi connectivity index (χ1) is 11.6. The lowest BCUT2D eigenvalue weighted by Crippen LogP contribution is -2.44. The minimum atomic E-state index is -0.527. The summed E-state index contributed by atoms with van der Waals surface area (Å²) >= 11 is 0. The van der Waals surface area contributed by atoms with Crippen LogP contribution >= 0.6 is 0 Å². The number of aryl methyl sites for hydroxylation is 1. The topological polar surface area (TPSA) is 84.2 Å². The molecular weight excluding hydrogens is 318 g/mol. The van der Waals surface area contributed by atoms with E-state index in [0.717, 1.165) is 5.56 Å². The van der Waals surface area contributed by atoms with Crippen molar-refractivity contribution in [3.05, 3.63) is 40.4 Å². The van der Waals surface area contributed by atoms with Gasteiger partial charge in [0.25, 0.3) is 5.56 Å². The van der Waals surface area contributed by atoms with Gasteiger partial charge in [0.1, 0.15) is 6.54 Å². The molecule has 136 valence electrons. The zero-order valence-electron chi connectivity index (χ0n) is 15.5. The summed E-state index contributed by atoms with van der Waals surface area (Å²) in [4.78, 5) is 29.0. The first-order valence-electron chi connectivity index (χ1n) is 8.53. The number of fused-ring (bicyclic) bond motifs is 1. The minimum absolute atomic E-state index is 0.0937. The van der Waals surface area contributed by atoms with Crippen LogP contribution < -0.4 is 10.9 Å². The van der Waals surface area contributed by atoms with Crippen LogP contribution in [0.25, 0.3) is 10.9 Å². The monoisotopic (exact) mass is 345 g/mol. The maximum absolute atomic E-state index is 12.5. The Morgan fingerprint density at radius 3 is 2.68 bits per heavy atom. The molecule has 0 bridgehead atoms. The van der Waals surface area contributed by atoms with Crippen molar-refractivity contribution in [3.63, 3.8) is 0 Å². The number of aliphatic hydroxyl groups excluding tert-OH is 1. The Bertz CT molecular complexity index is 824. The van der Waals surface area contributed by atoms with Crippen molar-refractivity contribution in [2.45, 2.75) is 47.3 Å². The highest BCUT2D eigenvalue weighted by Gasteiger charge is 2.30. The van der Waals surface area contributed by atoms with Crippen LogP contribution in [-0.4, -0.2) is 33.2 Å². The third kappa shape index (κ3) is 4.25. The summed E-state index contributed by atoms with van der Waals surface area (Å²) in [6.07, 6.45) is 0.881. The third-order valence-corrected chi connectivity index (χ3v) is 4.54. The van der Waals surface area contributed by atoms with Gasteiger partial charge >= 0.3 is 0 Å². The molecule has 0 aliphatic rings. The molecule has 2 aromatic rings. The number of nitrogens with one attached hydrogen (secondary N) is 1. The van der Waals surface area contributed by atoms with E-state index < -0.39 is 11.5 Å². The van der Waals surface area contributed by atoms with Gasteiger partial charge < -0.3 is 10.4 Å². The molecular formula is C19H27N3O3. The zero-order valence-corrected chi connectivity index (χ0v) is 15.5. The number of rotatable bonds is 6. The molecule has 1 aromatic heterocycles. The lowest BCUT2D eigenvalue weighted by molar-refractivity contribution is -0.122. The Morgan fingerprint density at radius 2 is 2.04 bits per heavy atom. The molecule has 0 aliphatic carbocycles. The summed E-state index contributed by atoms with van der Waals surface area (Å²) in [5, 5.41) is 13.5. The predicted molar refractivity (Wildman–Crippen MR) is 98.4 cm³/mol. The summed E-state index contributed by atoms with van der Waals surface area (Å²) < 4.78 is 1.31. The van der Waals surface area contributed by atoms with Crippen molar-refractivity contribution in [2.75, 3.05) is 6.54 Å². The molecule has 1 amide bonds. The molecule has 6 nitrogen and oxygen atoms in total. The van der Waals surface area contributed by atoms with Gasteiger partial charge in [0.2, 0.25) is 5.91 Å². The maximum Gasteiger partial charge on any atom is 0.261 e. The van der Waals surface area contributed by atoms with Crippen molar-refractivity contribution in [3.8, 4) is 0 Å². The fourth-order valence-corrected chi connectivity index (χ4v) is 2.99. The van der Waals surface area contributed by atoms with Gasteiger partial charge in [0.05, 0.1) is 23.3 Å². The standard InChI is InChI=1S/C19H27N3O3/c1-12(2)17(24)19(4,5)10-20-15(23)9-22-11-21-16-13(3)7-6-8-14(16)18(22)25/h6-8,11-12,17,24H,9-10H2,1-5H3,(H,20,23). The minimum Gasteiger partial charge on any atom is -0.392 e. The predicted octanol–water partition coefficient (Wildman–Crippen LogP) is 1.86. The van der Waals surface area contributed by atoms with Crippen molar-refractivity contribution < 1.29 is 9.90 Å². The van der Waals surface area contributed by atoms with Crippen molar-refractivity contribution in [2.24, 2.45) is 11.3 Å². The van der Waals surface area contributed by atoms with E-state index in [9.17, 15) is 14.7 Å². The largest absolute Gasteiger partial charge is 0.392 e. The molecule has 0 saturated carbocycles. The summed E-state index contributed by atoms with van der Waals surface area (Å²) in [7, 11) is 0. The van der Waals surface area contributed by atoms with E-state index in [-0.39, 0.29) is 23.9 Å². The molecule has 2 N–H and O–H groups in total. The number of carbonyl (C=O) groups is 1. The van der Waals surface area contributed by atoms with Crippen LogP contribution in [0.5, 0.6) is 0 Å². The molecule has 0 spiro atoms. The summed E-state index contributed by atoms with van der Waals surface area (Å²) in [5.74, 6) is -0.178. The van der Waals surface area contributed by atoms with E-state index >= 15 is 0 Å². The maximum atomic E-state index is 12.5. The molecule has 1 atom stereocenters. The molecule has 2 rings (SSSR count). The van der Waals surface area contributed by atoms with Gasteiger partial charge in [-0.25, -0.2) is 4.98 Å². The molecule has 0 saturated heterocycles. The Kier molecular flexibility index (Phi) is 5.62. The number of benzene rings is 1. The number of aliphatic hydroxyl groups is 1. The normalized spacial score (nSPS) is 13.2. The fraction of sp³-hybridized carbons (Fsp3) is 0.526. The number of hydrogen-bond acceptors (Lipinski definition) is 4. The van der Waals surface area contributed by atoms with E-state index in [2.05, 4.69) is 10.3 Å². The molecule has 1 aromatic carbocycles. The average molecular weight is 345 g/mol. The SMILES string of the molecule is Cc1cccc2c(=O)n(CC(=O)NCC(C)(C)C(O)C(C)C)cnc12. The van der Waals surface area contributed by atoms with Crippen LogP contribution in [0, 0.1) is 18.3 Å². The van der Waals surface area contributed by atoms with E-state index in [1.165, 1.54) is 10.9 Å². The van der Waals surface area contributed by atoms with E-state index in [1.807, 2.05) is 40.7 Å². The van der Waals surface area contributed by atoms with Crippen molar-refractivity contribution >= 4 is 16.8 Å². The van der Waals surface area contributed by atoms with Gasteiger partial charge in [-0.1, -0.05) is 39.8 Å². The highest BCUT2D eigenvalue weighted by molar-refractivity contribution is 5.81. The van der Waals surface area contributed by atoms with Gasteiger partial charge in [-0.05, 0) is 24.5 Å². The van der Waals surface area contributed by atoms with Crippen LogP contribution in [0.15, 0.2) is 29.3 Å². The smallest absolute Gasteiger partial charge is 0.261 e. The number of para-hydroxylation sites is 1. The lowest BCUT2D eigenvalue weighted by Gasteiger charge is -2.33. The van der Waals surface area contributed by atoms with E-state index in [4.69, 9.17) is 0 Å². The van der Waals surface area contributed by atoms with Gasteiger partial charge in [0.15, 0.2) is 0 Å². The van der Waals surface area contributed by atoms with Gasteiger partial charge in [-0.15, -0.1) is 0 Å². The van der Waals surface area contributed by atoms with Gasteiger partial charge in [-0.3, -0.25) is 14.2 Å². The quantitative estimate of drug-likeness (QED) is 0.837. The van der Waals surface area contributed by atoms with Crippen molar-refractivity contribution in [1.82, 2.24) is 14.9 Å². The second-order valence-corrected chi connectivity index (χ2v) is 7.60. The van der Waals surface area contributed by atoms with Crippen LogP contribution in [0.2, 0.25) is 0 Å². The van der Waals surface area contributed by atoms with E-state index in [1.54, 1.807) is 12.1 Å². The number of amides is 1. The first kappa shape index (κ1) is 19.1. The summed E-state index contributed by atoms with van der Waals surface area (Å²) in [6, 6.07) is 5.42. The molecule has 1 heterocycles. The molecule has 0 radical (unpaired) electrons. The Morgan fingerprint density at radius 1 is 1.36 bits per heavy atom. The zero-order chi connectivity index (χ0) is 18.8. The molecule has 6 heteroatoms. The molecule has 25 heavy (non-hydrogen) atoms. The Hall–Kier alpha value is -2.21. The Balaban J connectivity index is 2.10. The van der Waals surface area contributed by atoms with Crippen LogP contribution in [0.1, 0.15) is 33.3 Å². The highest BCUT2D eigenvalue weighted by Crippen LogP contribution is 2.25. The van der Waals surface area contributed by atoms with Crippen molar-refractivity contribution in [1.29, 1.82) is 0 Å². The number of hydrogen-bond donors (Lipinski definition) is 2. The molecule has 0 aliphatic heterocycles. The van der Waals surface area contributed by atoms with Gasteiger partial charge in [-0.2, -0.15) is 0 Å². The first-order valence-corrected chi connectivity index (χ1v) is 8.53. The average Bonchev–Trinajstić information content (AvgIpc) is 2.55. The van der Waals surface area contributed by atoms with Crippen LogP contribution in [0.3, 0.4) is 0 Å². The second-order valence-electron chi connectivity index (χ2n) is 7.60. The van der Waals surface area contributed by atoms with Crippen LogP contribution in [-0.2, 0) is 11.3 Å². The number of aromatic nitrogens is 2. The van der Waals surface area contributed by atoms with Crippen LogP contribution in [0.4, 0.5) is 0 Å². The highest BCUT2D eigenvalue weighted by atomic mass is 16.3. The summed E-state index contributed by atoms with van der Waals surface area (Å²) in [5.41, 5.74) is 0.902. The number of carbonyl (C=O) groups excluding carboxylic acids is 1. The second kappa shape index (κ2) is 7.35. The lowest BCUT2D eigenvalue weighted by atomic mass is 9.81. The molecule has 0 fully saturated rings. The fourth-order valence-electron chi connectivity index (χ4n) is 2.99. The number of nitrogens with zero attached hydrogens (tertiary/aromatic N) is 2. The summed E-state index contributed by atoms with van der Waals surface area (Å²) in [6.45, 7) is 9.83. The Labute approximate surface area is 147 Å². The van der Waals surface area contributed by atoms with Gasteiger partial charge in [0, 0.05) is 12.0 Å². The van der Waals surface area contributed by atoms with E-state index in [0.29, 0.717) is 17.4 Å². The molecule has 1 unspecified atom stereocenters. The third-order valence-electron chi connectivity index (χ3n) is 4.54.